The van der Waals surface area contributed by atoms with E-state index in [0.29, 0.717) is 24.2 Å². The monoisotopic (exact) mass is 560 g/mol. The Labute approximate surface area is 243 Å². The molecular weight excluding hydrogens is 516 g/mol. The lowest BCUT2D eigenvalue weighted by Gasteiger charge is -2.41. The Kier molecular flexibility index (Phi) is 7.68. The highest BCUT2D eigenvalue weighted by Crippen LogP contribution is 2.39. The number of piperidine rings is 2. The topological polar surface area (TPSA) is 88.2 Å². The number of likely N-dealkylation sites (tertiary alicyclic amines) is 2. The number of fused-ring (bicyclic) bond motifs is 1. The van der Waals surface area contributed by atoms with Crippen LogP contribution in [0.2, 0.25) is 0 Å². The molecule has 9 nitrogen and oxygen atoms in total. The molecule has 5 aliphatic rings. The number of amides is 3. The van der Waals surface area contributed by atoms with Gasteiger partial charge in [0.1, 0.15) is 0 Å². The Bertz CT molecular complexity index is 1290. The van der Waals surface area contributed by atoms with E-state index in [1.807, 2.05) is 29.8 Å². The lowest BCUT2D eigenvalue weighted by atomic mass is 9.86. The first-order chi connectivity index (χ1) is 19.7. The van der Waals surface area contributed by atoms with Crippen molar-refractivity contribution >= 4 is 29.0 Å². The number of carbonyl (C=O) groups is 3. The van der Waals surface area contributed by atoms with E-state index in [4.69, 9.17) is 0 Å². The first-order valence-corrected chi connectivity index (χ1v) is 15.3. The fourth-order valence-electron chi connectivity index (χ4n) is 7.53. The molecule has 2 atom stereocenters. The van der Waals surface area contributed by atoms with Crippen molar-refractivity contribution < 1.29 is 14.4 Å². The van der Waals surface area contributed by atoms with Gasteiger partial charge in [-0.05, 0) is 94.9 Å². The van der Waals surface area contributed by atoms with Gasteiger partial charge in [-0.2, -0.15) is 0 Å². The number of anilines is 1. The summed E-state index contributed by atoms with van der Waals surface area (Å²) < 4.78 is 0. The first kappa shape index (κ1) is 28.0. The van der Waals surface area contributed by atoms with E-state index in [2.05, 4.69) is 45.6 Å². The van der Waals surface area contributed by atoms with Crippen molar-refractivity contribution in [1.29, 1.82) is 0 Å². The Morgan fingerprint density at radius 1 is 0.976 bits per heavy atom. The second-order valence-corrected chi connectivity index (χ2v) is 12.7. The summed E-state index contributed by atoms with van der Waals surface area (Å²) in [6.45, 7) is 12.0. The number of nitrogens with zero attached hydrogens (tertiary/aromatic N) is 4. The molecule has 0 spiro atoms. The van der Waals surface area contributed by atoms with Gasteiger partial charge in [0.15, 0.2) is 0 Å². The number of benzene rings is 1. The van der Waals surface area contributed by atoms with Gasteiger partial charge in [0.25, 0.3) is 5.91 Å². The summed E-state index contributed by atoms with van der Waals surface area (Å²) in [4.78, 5) is 46.8. The minimum absolute atomic E-state index is 0.0181. The van der Waals surface area contributed by atoms with Crippen LogP contribution in [0.25, 0.3) is 5.57 Å². The van der Waals surface area contributed by atoms with Crippen molar-refractivity contribution in [2.75, 3.05) is 58.3 Å². The van der Waals surface area contributed by atoms with Crippen LogP contribution in [0.1, 0.15) is 63.5 Å². The maximum atomic E-state index is 13.4. The third-order valence-electron chi connectivity index (χ3n) is 10.1. The SMILES string of the molecule is CC(=O)N1CCC(N2CCC(c3ccc4c(c3)/C(=C/C3=C(C)C(C(=O)N5CCN(C)C5)C(C)N3)C(=O)N4)CC2)CC1. The lowest BCUT2D eigenvalue weighted by Crippen LogP contribution is -2.48. The Hall–Kier alpha value is -3.17. The summed E-state index contributed by atoms with van der Waals surface area (Å²) in [7, 11) is 2.04. The Morgan fingerprint density at radius 2 is 1.71 bits per heavy atom. The van der Waals surface area contributed by atoms with E-state index in [-0.39, 0.29) is 29.7 Å². The second-order valence-electron chi connectivity index (χ2n) is 12.7. The van der Waals surface area contributed by atoms with Crippen LogP contribution in [-0.4, -0.2) is 102 Å². The largest absolute Gasteiger partial charge is 0.381 e. The Morgan fingerprint density at radius 3 is 2.37 bits per heavy atom. The van der Waals surface area contributed by atoms with Crippen molar-refractivity contribution in [1.82, 2.24) is 24.9 Å². The molecule has 0 aliphatic carbocycles. The van der Waals surface area contributed by atoms with Crippen molar-refractivity contribution in [2.24, 2.45) is 5.92 Å². The zero-order valence-corrected chi connectivity index (χ0v) is 24.9. The van der Waals surface area contributed by atoms with E-state index in [1.165, 1.54) is 5.56 Å². The van der Waals surface area contributed by atoms with Crippen LogP contribution in [0.3, 0.4) is 0 Å². The molecule has 5 heterocycles. The van der Waals surface area contributed by atoms with E-state index in [9.17, 15) is 14.4 Å². The van der Waals surface area contributed by atoms with Gasteiger partial charge in [-0.3, -0.25) is 19.3 Å². The van der Waals surface area contributed by atoms with Crippen LogP contribution in [0, 0.1) is 5.92 Å². The van der Waals surface area contributed by atoms with E-state index in [0.717, 1.165) is 87.5 Å². The normalized spacial score (nSPS) is 27.5. The molecule has 220 valence electrons. The molecule has 9 heteroatoms. The fourth-order valence-corrected chi connectivity index (χ4v) is 7.53. The molecule has 0 bridgehead atoms. The number of hydrogen-bond donors (Lipinski definition) is 2. The lowest BCUT2D eigenvalue weighted by molar-refractivity contribution is -0.134. The van der Waals surface area contributed by atoms with Crippen LogP contribution in [-0.2, 0) is 14.4 Å². The smallest absolute Gasteiger partial charge is 0.256 e. The van der Waals surface area contributed by atoms with Crippen LogP contribution in [0.4, 0.5) is 5.69 Å². The average Bonchev–Trinajstić information content (AvgIpc) is 3.63. The molecule has 3 fully saturated rings. The summed E-state index contributed by atoms with van der Waals surface area (Å²) in [5, 5.41) is 6.55. The fraction of sp³-hybridized carbons (Fsp3) is 0.594. The second kappa shape index (κ2) is 11.2. The number of carbonyl (C=O) groups excluding carboxylic acids is 3. The van der Waals surface area contributed by atoms with Gasteiger partial charge in [-0.1, -0.05) is 6.07 Å². The van der Waals surface area contributed by atoms with Crippen molar-refractivity contribution in [2.45, 2.75) is 64.5 Å². The van der Waals surface area contributed by atoms with Gasteiger partial charge in [0.2, 0.25) is 11.8 Å². The van der Waals surface area contributed by atoms with Crippen molar-refractivity contribution in [3.05, 3.63) is 46.7 Å². The molecule has 2 unspecified atom stereocenters. The van der Waals surface area contributed by atoms with Crippen molar-refractivity contribution in [3.8, 4) is 0 Å². The minimum Gasteiger partial charge on any atom is -0.381 e. The zero-order chi connectivity index (χ0) is 28.8. The highest BCUT2D eigenvalue weighted by molar-refractivity contribution is 6.32. The minimum atomic E-state index is -0.219. The summed E-state index contributed by atoms with van der Waals surface area (Å²) in [6, 6.07) is 6.99. The van der Waals surface area contributed by atoms with Crippen LogP contribution in [0.5, 0.6) is 0 Å². The number of likely N-dealkylation sites (N-methyl/N-ethyl adjacent to an activating group) is 1. The quantitative estimate of drug-likeness (QED) is 0.551. The molecule has 1 aromatic carbocycles. The number of rotatable bonds is 4. The van der Waals surface area contributed by atoms with Crippen LogP contribution >= 0.6 is 0 Å². The van der Waals surface area contributed by atoms with Gasteiger partial charge in [-0.15, -0.1) is 0 Å². The predicted octanol–water partition coefficient (Wildman–Crippen LogP) is 2.83. The Balaban J connectivity index is 1.15. The van der Waals surface area contributed by atoms with E-state index < -0.39 is 0 Å². The van der Waals surface area contributed by atoms with Gasteiger partial charge in [-0.25, -0.2) is 0 Å². The van der Waals surface area contributed by atoms with Gasteiger partial charge in [0.05, 0.1) is 18.2 Å². The molecule has 5 aliphatic heterocycles. The molecule has 1 aromatic rings. The van der Waals surface area contributed by atoms with Gasteiger partial charge in [0, 0.05) is 62.1 Å². The highest BCUT2D eigenvalue weighted by Gasteiger charge is 2.39. The number of hydrogen-bond acceptors (Lipinski definition) is 6. The molecular formula is C32H44N6O3. The first-order valence-electron chi connectivity index (χ1n) is 15.3. The molecule has 3 saturated heterocycles. The summed E-state index contributed by atoms with van der Waals surface area (Å²) in [6.07, 6.45) is 6.29. The maximum Gasteiger partial charge on any atom is 0.256 e. The zero-order valence-electron chi connectivity index (χ0n) is 24.9. The molecule has 0 radical (unpaired) electrons. The molecule has 0 aromatic heterocycles. The number of nitrogens with one attached hydrogen (secondary N) is 2. The molecule has 41 heavy (non-hydrogen) atoms. The van der Waals surface area contributed by atoms with Crippen LogP contribution in [0.15, 0.2) is 35.5 Å². The van der Waals surface area contributed by atoms with Crippen molar-refractivity contribution in [3.63, 3.8) is 0 Å². The molecule has 0 saturated carbocycles. The third-order valence-corrected chi connectivity index (χ3v) is 10.1. The molecule has 3 amide bonds. The third kappa shape index (κ3) is 5.42. The van der Waals surface area contributed by atoms with Gasteiger partial charge >= 0.3 is 0 Å². The predicted molar refractivity (Wildman–Crippen MR) is 160 cm³/mol. The number of allylic oxidation sites excluding steroid dienone is 1. The summed E-state index contributed by atoms with van der Waals surface area (Å²) in [5.74, 6) is 0.512. The van der Waals surface area contributed by atoms with Crippen LogP contribution < -0.4 is 10.6 Å². The maximum absolute atomic E-state index is 13.4. The summed E-state index contributed by atoms with van der Waals surface area (Å²) >= 11 is 0. The van der Waals surface area contributed by atoms with E-state index >= 15 is 0 Å². The molecule has 2 N–H and O–H groups in total. The highest BCUT2D eigenvalue weighted by atomic mass is 16.2. The van der Waals surface area contributed by atoms with Gasteiger partial charge < -0.3 is 25.3 Å². The molecule has 6 rings (SSSR count). The standard InChI is InChI=1S/C32H44N6O3/c1-20-29(33-21(2)30(20)32(41)38-16-15-35(4)19-38)18-27-26-17-24(5-6-28(26)34-31(27)40)23-7-11-37(12-8-23)25-9-13-36(14-10-25)22(3)39/h5-6,17-18,21,23,25,30,33H,7-16,19H2,1-4H3,(H,34,40)/b27-18-. The summed E-state index contributed by atoms with van der Waals surface area (Å²) in [5.41, 5.74) is 5.66. The van der Waals surface area contributed by atoms with E-state index in [1.54, 1.807) is 6.92 Å². The average molecular weight is 561 g/mol.